The Morgan fingerprint density at radius 3 is 2.67 bits per heavy atom. The van der Waals surface area contributed by atoms with Gasteiger partial charge in [0.05, 0.1) is 6.54 Å². The minimum atomic E-state index is -0.869. The smallest absolute Gasteiger partial charge is 0.324 e. The normalized spacial score (nSPS) is 23.9. The van der Waals surface area contributed by atoms with Crippen molar-refractivity contribution in [2.75, 3.05) is 33.0 Å². The average Bonchev–Trinajstić information content (AvgIpc) is 3.14. The van der Waals surface area contributed by atoms with Crippen LogP contribution in [-0.2, 0) is 9.59 Å². The Labute approximate surface area is 124 Å². The summed E-state index contributed by atoms with van der Waals surface area (Å²) in [6.45, 7) is 0.309. The van der Waals surface area contributed by atoms with Crippen LogP contribution in [0.2, 0.25) is 0 Å². The van der Waals surface area contributed by atoms with E-state index in [-0.39, 0.29) is 11.8 Å². The van der Waals surface area contributed by atoms with Crippen LogP contribution in [0.15, 0.2) is 24.3 Å². The number of nitrogens with one attached hydrogen (secondary N) is 2. The van der Waals surface area contributed by atoms with Crippen LogP contribution >= 0.6 is 0 Å². The second-order valence-corrected chi connectivity index (χ2v) is 5.69. The van der Waals surface area contributed by atoms with Crippen molar-refractivity contribution in [3.05, 3.63) is 29.8 Å². The summed E-state index contributed by atoms with van der Waals surface area (Å²) < 4.78 is 0. The summed E-state index contributed by atoms with van der Waals surface area (Å²) in [6.07, 6.45) is 0.563. The highest BCUT2D eigenvalue weighted by Gasteiger charge is 2.60. The van der Waals surface area contributed by atoms with Gasteiger partial charge in [-0.25, -0.2) is 0 Å². The average molecular weight is 291 g/mol. The van der Waals surface area contributed by atoms with E-state index < -0.39 is 11.5 Å². The molecule has 1 saturated carbocycles. The third-order valence-electron chi connectivity index (χ3n) is 3.82. The van der Waals surface area contributed by atoms with Crippen LogP contribution in [0.5, 0.6) is 0 Å². The Morgan fingerprint density at radius 1 is 1.43 bits per heavy atom. The summed E-state index contributed by atoms with van der Waals surface area (Å²) in [7, 11) is 5.32. The number of nitrogens with zero attached hydrogens (tertiary/aromatic N) is 1. The van der Waals surface area contributed by atoms with Gasteiger partial charge in [-0.05, 0) is 45.3 Å². The highest BCUT2D eigenvalue weighted by atomic mass is 16.4. The lowest BCUT2D eigenvalue weighted by Crippen LogP contribution is -2.38. The van der Waals surface area contributed by atoms with Crippen LogP contribution in [-0.4, -0.2) is 55.1 Å². The largest absolute Gasteiger partial charge is 0.480 e. The number of anilines is 1. The molecule has 2 unspecified atom stereocenters. The third-order valence-corrected chi connectivity index (χ3v) is 3.82. The molecule has 0 radical (unpaired) electrons. The van der Waals surface area contributed by atoms with E-state index in [0.29, 0.717) is 18.7 Å². The topological polar surface area (TPSA) is 81.7 Å². The molecular weight excluding hydrogens is 270 g/mol. The molecule has 1 aromatic rings. The monoisotopic (exact) mass is 291 g/mol. The van der Waals surface area contributed by atoms with Crippen LogP contribution < -0.4 is 10.6 Å². The Kier molecular flexibility index (Phi) is 4.29. The van der Waals surface area contributed by atoms with Gasteiger partial charge in [-0.2, -0.15) is 0 Å². The third kappa shape index (κ3) is 3.22. The van der Waals surface area contributed by atoms with Crippen molar-refractivity contribution in [2.45, 2.75) is 17.9 Å². The molecule has 0 aliphatic heterocycles. The number of carbonyl (C=O) groups is 2. The van der Waals surface area contributed by atoms with E-state index in [1.165, 1.54) is 0 Å². The lowest BCUT2D eigenvalue weighted by Gasteiger charge is -2.13. The van der Waals surface area contributed by atoms with Crippen molar-refractivity contribution in [3.8, 4) is 0 Å². The summed E-state index contributed by atoms with van der Waals surface area (Å²) in [5.41, 5.74) is 0.753. The van der Waals surface area contributed by atoms with Crippen molar-refractivity contribution in [3.63, 3.8) is 0 Å². The van der Waals surface area contributed by atoms with Gasteiger partial charge in [0.25, 0.3) is 0 Å². The number of aliphatic carboxylic acids is 1. The maximum absolute atomic E-state index is 11.8. The highest BCUT2D eigenvalue weighted by molar-refractivity contribution is 5.92. The maximum Gasteiger partial charge on any atom is 0.324 e. The van der Waals surface area contributed by atoms with E-state index in [1.807, 2.05) is 32.3 Å². The molecule has 3 N–H and O–H groups in total. The number of likely N-dealkylation sites (N-methyl/N-ethyl adjacent to an activating group) is 2. The van der Waals surface area contributed by atoms with Crippen molar-refractivity contribution in [2.24, 2.45) is 0 Å². The number of amides is 1. The quantitative estimate of drug-likeness (QED) is 0.719. The fourth-order valence-corrected chi connectivity index (χ4v) is 2.61. The Bertz CT molecular complexity index is 559. The minimum Gasteiger partial charge on any atom is -0.480 e. The highest BCUT2D eigenvalue weighted by Crippen LogP contribution is 2.51. The summed E-state index contributed by atoms with van der Waals surface area (Å²) >= 11 is 0. The van der Waals surface area contributed by atoms with Crippen molar-refractivity contribution in [1.82, 2.24) is 10.2 Å². The molecule has 0 saturated heterocycles. The first-order valence-electron chi connectivity index (χ1n) is 6.86. The number of carboxylic acids is 1. The standard InChI is InChI=1S/C15H21N3O3/c1-16-15(14(20)21)8-12(15)10-5-4-6-11(7-10)17-13(19)9-18(2)3/h4-7,12,16H,8-9H2,1-3H3,(H,17,19)(H,20,21). The van der Waals surface area contributed by atoms with E-state index >= 15 is 0 Å². The first-order chi connectivity index (χ1) is 9.89. The van der Waals surface area contributed by atoms with Gasteiger partial charge in [0.2, 0.25) is 5.91 Å². The number of carbonyl (C=O) groups excluding carboxylic acids is 1. The molecule has 1 aliphatic rings. The molecule has 6 heteroatoms. The fraction of sp³-hybridized carbons (Fsp3) is 0.467. The molecule has 0 bridgehead atoms. The van der Waals surface area contributed by atoms with Crippen LogP contribution in [0.1, 0.15) is 17.9 Å². The summed E-state index contributed by atoms with van der Waals surface area (Å²) in [6, 6.07) is 7.39. The SMILES string of the molecule is CNC1(C(=O)O)CC1c1cccc(NC(=O)CN(C)C)c1. The van der Waals surface area contributed by atoms with E-state index in [9.17, 15) is 14.7 Å². The molecule has 114 valence electrons. The van der Waals surface area contributed by atoms with Gasteiger partial charge in [-0.3, -0.25) is 9.59 Å². The molecule has 2 rings (SSSR count). The van der Waals surface area contributed by atoms with Crippen LogP contribution in [0.25, 0.3) is 0 Å². The maximum atomic E-state index is 11.8. The number of hydrogen-bond acceptors (Lipinski definition) is 4. The van der Waals surface area contributed by atoms with Crippen LogP contribution in [0.4, 0.5) is 5.69 Å². The molecule has 0 heterocycles. The Hall–Kier alpha value is -1.92. The number of carboxylic acid groups (broad SMARTS) is 1. The molecule has 0 spiro atoms. The second-order valence-electron chi connectivity index (χ2n) is 5.69. The Balaban J connectivity index is 2.09. The van der Waals surface area contributed by atoms with Crippen molar-refractivity contribution in [1.29, 1.82) is 0 Å². The second kappa shape index (κ2) is 5.83. The van der Waals surface area contributed by atoms with Gasteiger partial charge in [0, 0.05) is 11.6 Å². The van der Waals surface area contributed by atoms with E-state index in [1.54, 1.807) is 18.0 Å². The Morgan fingerprint density at radius 2 is 2.14 bits per heavy atom. The predicted molar refractivity (Wildman–Crippen MR) is 80.4 cm³/mol. The first kappa shape index (κ1) is 15.5. The molecule has 0 aromatic heterocycles. The van der Waals surface area contributed by atoms with Gasteiger partial charge < -0.3 is 20.6 Å². The zero-order chi connectivity index (χ0) is 15.6. The zero-order valence-corrected chi connectivity index (χ0v) is 12.5. The van der Waals surface area contributed by atoms with Crippen LogP contribution in [0, 0.1) is 0 Å². The van der Waals surface area contributed by atoms with E-state index in [2.05, 4.69) is 10.6 Å². The molecule has 1 fully saturated rings. The molecule has 2 atom stereocenters. The number of benzene rings is 1. The van der Waals surface area contributed by atoms with E-state index in [4.69, 9.17) is 0 Å². The molecule has 21 heavy (non-hydrogen) atoms. The number of hydrogen-bond donors (Lipinski definition) is 3. The van der Waals surface area contributed by atoms with E-state index in [0.717, 1.165) is 5.56 Å². The van der Waals surface area contributed by atoms with Crippen molar-refractivity contribution >= 4 is 17.6 Å². The molecule has 1 aliphatic carbocycles. The molecule has 1 amide bonds. The van der Waals surface area contributed by atoms with Gasteiger partial charge >= 0.3 is 5.97 Å². The van der Waals surface area contributed by atoms with Gasteiger partial charge in [0.1, 0.15) is 5.54 Å². The number of rotatable bonds is 6. The molecular formula is C15H21N3O3. The lowest BCUT2D eigenvalue weighted by molar-refractivity contribution is -0.140. The molecule has 6 nitrogen and oxygen atoms in total. The minimum absolute atomic E-state index is 0.0642. The van der Waals surface area contributed by atoms with Gasteiger partial charge in [-0.1, -0.05) is 12.1 Å². The van der Waals surface area contributed by atoms with Gasteiger partial charge in [0.15, 0.2) is 0 Å². The molecule has 1 aromatic carbocycles. The van der Waals surface area contributed by atoms with Crippen molar-refractivity contribution < 1.29 is 14.7 Å². The summed E-state index contributed by atoms with van der Waals surface area (Å²) in [5.74, 6) is -0.992. The van der Waals surface area contributed by atoms with Crippen LogP contribution in [0.3, 0.4) is 0 Å². The predicted octanol–water partition coefficient (Wildman–Crippen LogP) is 0.717. The fourth-order valence-electron chi connectivity index (χ4n) is 2.61. The summed E-state index contributed by atoms with van der Waals surface area (Å²) in [4.78, 5) is 24.9. The zero-order valence-electron chi connectivity index (χ0n) is 12.5. The first-order valence-corrected chi connectivity index (χ1v) is 6.86. The lowest BCUT2D eigenvalue weighted by atomic mass is 10.1. The summed E-state index contributed by atoms with van der Waals surface area (Å²) in [5, 5.41) is 15.0. The van der Waals surface area contributed by atoms with Gasteiger partial charge in [-0.15, -0.1) is 0 Å².